The zero-order valence-electron chi connectivity index (χ0n) is 6.19. The molecular formula is C9H10O2. The van der Waals surface area contributed by atoms with Crippen molar-refractivity contribution in [1.82, 2.24) is 0 Å². The highest BCUT2D eigenvalue weighted by molar-refractivity contribution is 5.64. The molecule has 58 valence electrons. The fraction of sp³-hybridized carbons (Fsp3) is 0.222. The summed E-state index contributed by atoms with van der Waals surface area (Å²) in [4.78, 5) is 9.86. The molecule has 0 amide bonds. The van der Waals surface area contributed by atoms with E-state index in [9.17, 15) is 4.79 Å². The summed E-state index contributed by atoms with van der Waals surface area (Å²) >= 11 is 0. The van der Waals surface area contributed by atoms with Gasteiger partial charge in [-0.25, -0.2) is 0 Å². The van der Waals surface area contributed by atoms with Crippen molar-refractivity contribution in [3.8, 4) is 0 Å². The minimum atomic E-state index is 0.780. The maximum Gasteiger partial charge on any atom is 0.142 e. The smallest absolute Gasteiger partial charge is 0.142 e. The van der Waals surface area contributed by atoms with Gasteiger partial charge in [0.2, 0.25) is 0 Å². The molecular weight excluding hydrogens is 140 g/mol. The standard InChI is InChI=1S/C9H10O2/c10-7-3-1-2-5-9-6-4-8-11-9/h1,3-4,6-8H,2,5H2/b3-1+. The molecule has 2 nitrogen and oxygen atoms in total. The van der Waals surface area contributed by atoms with Crippen molar-refractivity contribution >= 4 is 6.29 Å². The lowest BCUT2D eigenvalue weighted by Crippen LogP contribution is -1.77. The van der Waals surface area contributed by atoms with E-state index in [0.717, 1.165) is 24.9 Å². The summed E-state index contributed by atoms with van der Waals surface area (Å²) in [6.45, 7) is 0. The molecule has 0 spiro atoms. The largest absolute Gasteiger partial charge is 0.469 e. The van der Waals surface area contributed by atoms with Crippen LogP contribution < -0.4 is 0 Å². The average Bonchev–Trinajstić information content (AvgIpc) is 2.50. The molecule has 0 fully saturated rings. The van der Waals surface area contributed by atoms with Crippen LogP contribution in [0.15, 0.2) is 35.0 Å². The third kappa shape index (κ3) is 2.85. The van der Waals surface area contributed by atoms with Crippen LogP contribution in [0.1, 0.15) is 12.2 Å². The predicted molar refractivity (Wildman–Crippen MR) is 42.2 cm³/mol. The lowest BCUT2D eigenvalue weighted by molar-refractivity contribution is -0.104. The van der Waals surface area contributed by atoms with E-state index in [1.165, 1.54) is 6.08 Å². The Kier molecular flexibility index (Phi) is 3.19. The van der Waals surface area contributed by atoms with E-state index in [2.05, 4.69) is 0 Å². The van der Waals surface area contributed by atoms with Crippen molar-refractivity contribution in [3.05, 3.63) is 36.3 Å². The number of hydrogen-bond donors (Lipinski definition) is 0. The van der Waals surface area contributed by atoms with Crippen LogP contribution in [0.4, 0.5) is 0 Å². The van der Waals surface area contributed by atoms with Crippen LogP contribution >= 0.6 is 0 Å². The van der Waals surface area contributed by atoms with Crippen molar-refractivity contribution in [2.45, 2.75) is 12.8 Å². The van der Waals surface area contributed by atoms with Crippen LogP contribution in [0, 0.1) is 0 Å². The normalized spacial score (nSPS) is 10.5. The van der Waals surface area contributed by atoms with Crippen molar-refractivity contribution in [2.24, 2.45) is 0 Å². The molecule has 0 radical (unpaired) electrons. The third-order valence-electron chi connectivity index (χ3n) is 1.35. The number of carbonyl (C=O) groups excluding carboxylic acids is 1. The van der Waals surface area contributed by atoms with Crippen molar-refractivity contribution in [3.63, 3.8) is 0 Å². The van der Waals surface area contributed by atoms with E-state index < -0.39 is 0 Å². The molecule has 1 aromatic rings. The first-order valence-electron chi connectivity index (χ1n) is 3.56. The molecule has 1 aromatic heterocycles. The fourth-order valence-electron chi connectivity index (χ4n) is 0.832. The van der Waals surface area contributed by atoms with Crippen LogP contribution in [0.2, 0.25) is 0 Å². The molecule has 0 bridgehead atoms. The summed E-state index contributed by atoms with van der Waals surface area (Å²) < 4.78 is 5.09. The van der Waals surface area contributed by atoms with Gasteiger partial charge in [0.1, 0.15) is 12.0 Å². The van der Waals surface area contributed by atoms with Crippen LogP contribution in [-0.2, 0) is 11.2 Å². The van der Waals surface area contributed by atoms with Gasteiger partial charge in [-0.2, -0.15) is 0 Å². The molecule has 0 aliphatic heterocycles. The van der Waals surface area contributed by atoms with Gasteiger partial charge in [-0.05, 0) is 24.6 Å². The summed E-state index contributed by atoms with van der Waals surface area (Å²) in [7, 11) is 0. The van der Waals surface area contributed by atoms with Crippen LogP contribution in [-0.4, -0.2) is 6.29 Å². The number of hydrogen-bond acceptors (Lipinski definition) is 2. The van der Waals surface area contributed by atoms with Crippen LogP contribution in [0.5, 0.6) is 0 Å². The minimum Gasteiger partial charge on any atom is -0.469 e. The Labute approximate surface area is 65.5 Å². The highest BCUT2D eigenvalue weighted by Crippen LogP contribution is 2.03. The fourth-order valence-corrected chi connectivity index (χ4v) is 0.832. The second kappa shape index (κ2) is 4.50. The molecule has 0 N–H and O–H groups in total. The SMILES string of the molecule is O=C/C=C/CCc1ccco1. The number of aryl methyl sites for hydroxylation is 1. The number of rotatable bonds is 4. The van der Waals surface area contributed by atoms with E-state index >= 15 is 0 Å². The van der Waals surface area contributed by atoms with Gasteiger partial charge in [0.05, 0.1) is 6.26 Å². The molecule has 1 rings (SSSR count). The Bertz CT molecular complexity index is 222. The zero-order chi connectivity index (χ0) is 7.94. The number of allylic oxidation sites excluding steroid dienone is 2. The van der Waals surface area contributed by atoms with E-state index in [1.54, 1.807) is 6.26 Å². The summed E-state index contributed by atoms with van der Waals surface area (Å²) in [5.74, 6) is 0.959. The molecule has 0 unspecified atom stereocenters. The number of carbonyl (C=O) groups is 1. The second-order valence-electron chi connectivity index (χ2n) is 2.18. The van der Waals surface area contributed by atoms with E-state index in [1.807, 2.05) is 18.2 Å². The molecule has 0 aliphatic carbocycles. The maximum absolute atomic E-state index is 9.86. The van der Waals surface area contributed by atoms with Gasteiger partial charge < -0.3 is 4.42 Å². The third-order valence-corrected chi connectivity index (χ3v) is 1.35. The summed E-state index contributed by atoms with van der Waals surface area (Å²) in [6.07, 6.45) is 7.48. The Morgan fingerprint density at radius 2 is 2.45 bits per heavy atom. The molecule has 1 heterocycles. The molecule has 0 saturated carbocycles. The highest BCUT2D eigenvalue weighted by atomic mass is 16.3. The summed E-state index contributed by atoms with van der Waals surface area (Å²) in [5, 5.41) is 0. The average molecular weight is 150 g/mol. The molecule has 11 heavy (non-hydrogen) atoms. The van der Waals surface area contributed by atoms with Gasteiger partial charge in [-0.1, -0.05) is 6.08 Å². The molecule has 2 heteroatoms. The Hall–Kier alpha value is -1.31. The van der Waals surface area contributed by atoms with Crippen LogP contribution in [0.25, 0.3) is 0 Å². The van der Waals surface area contributed by atoms with Crippen LogP contribution in [0.3, 0.4) is 0 Å². The van der Waals surface area contributed by atoms with Crippen molar-refractivity contribution in [2.75, 3.05) is 0 Å². The van der Waals surface area contributed by atoms with Crippen molar-refractivity contribution < 1.29 is 9.21 Å². The number of aldehydes is 1. The molecule has 0 aliphatic rings. The summed E-state index contributed by atoms with van der Waals surface area (Å²) in [5.41, 5.74) is 0. The molecule has 0 aromatic carbocycles. The monoisotopic (exact) mass is 150 g/mol. The first-order chi connectivity index (χ1) is 5.43. The minimum absolute atomic E-state index is 0.780. The van der Waals surface area contributed by atoms with E-state index in [-0.39, 0.29) is 0 Å². The lowest BCUT2D eigenvalue weighted by Gasteiger charge is -1.88. The van der Waals surface area contributed by atoms with Gasteiger partial charge in [0.25, 0.3) is 0 Å². The van der Waals surface area contributed by atoms with Crippen molar-refractivity contribution in [1.29, 1.82) is 0 Å². The van der Waals surface area contributed by atoms with Gasteiger partial charge >= 0.3 is 0 Å². The lowest BCUT2D eigenvalue weighted by atomic mass is 10.2. The molecule has 0 atom stereocenters. The van der Waals surface area contributed by atoms with E-state index in [4.69, 9.17) is 4.42 Å². The topological polar surface area (TPSA) is 30.2 Å². The Balaban J connectivity index is 2.23. The van der Waals surface area contributed by atoms with Gasteiger partial charge in [-0.3, -0.25) is 4.79 Å². The van der Waals surface area contributed by atoms with E-state index in [0.29, 0.717) is 0 Å². The highest BCUT2D eigenvalue weighted by Gasteiger charge is 1.90. The maximum atomic E-state index is 9.86. The van der Waals surface area contributed by atoms with Gasteiger partial charge in [-0.15, -0.1) is 0 Å². The molecule has 0 saturated heterocycles. The summed E-state index contributed by atoms with van der Waals surface area (Å²) in [6, 6.07) is 3.79. The van der Waals surface area contributed by atoms with Gasteiger partial charge in [0.15, 0.2) is 0 Å². The Morgan fingerprint density at radius 1 is 1.55 bits per heavy atom. The van der Waals surface area contributed by atoms with Gasteiger partial charge in [0, 0.05) is 6.42 Å². The first-order valence-corrected chi connectivity index (χ1v) is 3.56. The first kappa shape index (κ1) is 7.79. The number of furan rings is 1. The quantitative estimate of drug-likeness (QED) is 0.485. The predicted octanol–water partition coefficient (Wildman–Crippen LogP) is 1.97. The Morgan fingerprint density at radius 3 is 3.09 bits per heavy atom. The zero-order valence-corrected chi connectivity index (χ0v) is 6.19. The second-order valence-corrected chi connectivity index (χ2v) is 2.18.